The molecule has 2 rings (SSSR count). The quantitative estimate of drug-likeness (QED) is 0.618. The molecule has 19 heavy (non-hydrogen) atoms. The SMILES string of the molecule is CC=C(CCc1ccccc1)CCc1ccccc1. The molecule has 0 fully saturated rings. The second-order valence-corrected chi connectivity index (χ2v) is 4.92. The van der Waals surface area contributed by atoms with E-state index in [0.717, 1.165) is 12.8 Å². The fourth-order valence-corrected chi connectivity index (χ4v) is 2.31. The zero-order valence-electron chi connectivity index (χ0n) is 11.7. The zero-order chi connectivity index (χ0) is 13.3. The van der Waals surface area contributed by atoms with Crippen LogP contribution in [-0.4, -0.2) is 0 Å². The van der Waals surface area contributed by atoms with Gasteiger partial charge in [-0.05, 0) is 43.7 Å². The first-order valence-electron chi connectivity index (χ1n) is 7.10. The Bertz CT molecular complexity index is 449. The van der Waals surface area contributed by atoms with Crippen molar-refractivity contribution >= 4 is 0 Å². The van der Waals surface area contributed by atoms with Gasteiger partial charge in [0.25, 0.3) is 0 Å². The summed E-state index contributed by atoms with van der Waals surface area (Å²) in [4.78, 5) is 0. The Labute approximate surface area is 116 Å². The van der Waals surface area contributed by atoms with Crippen LogP contribution in [0.4, 0.5) is 0 Å². The highest BCUT2D eigenvalue weighted by molar-refractivity contribution is 5.19. The third-order valence-electron chi connectivity index (χ3n) is 3.56. The van der Waals surface area contributed by atoms with Gasteiger partial charge in [-0.15, -0.1) is 0 Å². The van der Waals surface area contributed by atoms with Gasteiger partial charge in [-0.25, -0.2) is 0 Å². The van der Waals surface area contributed by atoms with E-state index in [9.17, 15) is 0 Å². The van der Waals surface area contributed by atoms with E-state index < -0.39 is 0 Å². The molecule has 98 valence electrons. The normalized spacial score (nSPS) is 10.2. The predicted molar refractivity (Wildman–Crippen MR) is 83.3 cm³/mol. The molecule has 0 radical (unpaired) electrons. The average molecular weight is 250 g/mol. The molecule has 0 heterocycles. The molecule has 0 aromatic heterocycles. The maximum atomic E-state index is 2.28. The van der Waals surface area contributed by atoms with E-state index in [1.165, 1.54) is 24.0 Å². The highest BCUT2D eigenvalue weighted by Gasteiger charge is 1.99. The molecule has 0 N–H and O–H groups in total. The van der Waals surface area contributed by atoms with Crippen molar-refractivity contribution in [1.82, 2.24) is 0 Å². The molecule has 0 aliphatic carbocycles. The first kappa shape index (κ1) is 13.6. The first-order chi connectivity index (χ1) is 9.38. The summed E-state index contributed by atoms with van der Waals surface area (Å²) in [5.74, 6) is 0. The van der Waals surface area contributed by atoms with Crippen molar-refractivity contribution < 1.29 is 0 Å². The Kier molecular flexibility index (Phi) is 5.43. The maximum absolute atomic E-state index is 2.28. The van der Waals surface area contributed by atoms with Crippen molar-refractivity contribution in [2.24, 2.45) is 0 Å². The molecule has 0 atom stereocenters. The van der Waals surface area contributed by atoms with Crippen molar-refractivity contribution in [1.29, 1.82) is 0 Å². The van der Waals surface area contributed by atoms with Gasteiger partial charge < -0.3 is 0 Å². The predicted octanol–water partition coefficient (Wildman–Crippen LogP) is 5.20. The molecule has 0 unspecified atom stereocenters. The van der Waals surface area contributed by atoms with E-state index in [2.05, 4.69) is 73.7 Å². The number of aryl methyl sites for hydroxylation is 2. The molecule has 0 saturated carbocycles. The van der Waals surface area contributed by atoms with Crippen LogP contribution in [0.15, 0.2) is 72.3 Å². The molecule has 0 aliphatic heterocycles. The lowest BCUT2D eigenvalue weighted by atomic mass is 9.98. The standard InChI is InChI=1S/C19H22/c1-2-17(13-15-18-9-5-3-6-10-18)14-16-19-11-7-4-8-12-19/h2-12H,13-16H2,1H3. The summed E-state index contributed by atoms with van der Waals surface area (Å²) in [5.41, 5.74) is 4.43. The average Bonchev–Trinajstić information content (AvgIpc) is 2.49. The molecule has 0 amide bonds. The van der Waals surface area contributed by atoms with Gasteiger partial charge in [-0.3, -0.25) is 0 Å². The Morgan fingerprint density at radius 2 is 1.16 bits per heavy atom. The fourth-order valence-electron chi connectivity index (χ4n) is 2.31. The molecular formula is C19H22. The number of hydrogen-bond donors (Lipinski definition) is 0. The Morgan fingerprint density at radius 1 is 0.737 bits per heavy atom. The molecule has 0 heteroatoms. The van der Waals surface area contributed by atoms with Gasteiger partial charge in [0, 0.05) is 0 Å². The number of allylic oxidation sites excluding steroid dienone is 2. The van der Waals surface area contributed by atoms with E-state index in [0.29, 0.717) is 0 Å². The van der Waals surface area contributed by atoms with Crippen LogP contribution in [0.5, 0.6) is 0 Å². The van der Waals surface area contributed by atoms with Crippen molar-refractivity contribution in [2.45, 2.75) is 32.6 Å². The van der Waals surface area contributed by atoms with Crippen LogP contribution in [0.3, 0.4) is 0 Å². The van der Waals surface area contributed by atoms with Crippen molar-refractivity contribution in [3.63, 3.8) is 0 Å². The maximum Gasteiger partial charge on any atom is -0.0241 e. The smallest absolute Gasteiger partial charge is 0.0241 e. The van der Waals surface area contributed by atoms with Gasteiger partial charge in [0.2, 0.25) is 0 Å². The van der Waals surface area contributed by atoms with Gasteiger partial charge in [0.15, 0.2) is 0 Å². The summed E-state index contributed by atoms with van der Waals surface area (Å²) in [6, 6.07) is 21.5. The van der Waals surface area contributed by atoms with E-state index in [1.807, 2.05) is 0 Å². The zero-order valence-corrected chi connectivity index (χ0v) is 11.7. The summed E-state index contributed by atoms with van der Waals surface area (Å²) in [5, 5.41) is 0. The minimum atomic E-state index is 1.15. The number of hydrogen-bond acceptors (Lipinski definition) is 0. The molecule has 0 nitrogen and oxygen atoms in total. The summed E-state index contributed by atoms with van der Waals surface area (Å²) >= 11 is 0. The second-order valence-electron chi connectivity index (χ2n) is 4.92. The number of benzene rings is 2. The van der Waals surface area contributed by atoms with E-state index in [4.69, 9.17) is 0 Å². The van der Waals surface area contributed by atoms with Crippen LogP contribution in [0.1, 0.15) is 30.9 Å². The molecule has 0 bridgehead atoms. The van der Waals surface area contributed by atoms with Crippen LogP contribution >= 0.6 is 0 Å². The number of rotatable bonds is 6. The lowest BCUT2D eigenvalue weighted by Gasteiger charge is -2.07. The molecule has 0 spiro atoms. The minimum Gasteiger partial charge on any atom is -0.0884 e. The van der Waals surface area contributed by atoms with Gasteiger partial charge in [-0.2, -0.15) is 0 Å². The Hall–Kier alpha value is -1.82. The fraction of sp³-hybridized carbons (Fsp3) is 0.263. The van der Waals surface area contributed by atoms with E-state index in [1.54, 1.807) is 5.57 Å². The monoisotopic (exact) mass is 250 g/mol. The summed E-state index contributed by atoms with van der Waals surface area (Å²) in [6.45, 7) is 2.16. The van der Waals surface area contributed by atoms with Crippen molar-refractivity contribution in [3.8, 4) is 0 Å². The van der Waals surface area contributed by atoms with Crippen molar-refractivity contribution in [2.75, 3.05) is 0 Å². The Morgan fingerprint density at radius 3 is 1.53 bits per heavy atom. The van der Waals surface area contributed by atoms with Crippen LogP contribution in [0.2, 0.25) is 0 Å². The first-order valence-corrected chi connectivity index (χ1v) is 7.10. The topological polar surface area (TPSA) is 0 Å². The lowest BCUT2D eigenvalue weighted by molar-refractivity contribution is 0.832. The summed E-state index contributed by atoms with van der Waals surface area (Å²) in [7, 11) is 0. The largest absolute Gasteiger partial charge is 0.0884 e. The Balaban J connectivity index is 1.81. The van der Waals surface area contributed by atoms with Crippen LogP contribution in [-0.2, 0) is 12.8 Å². The van der Waals surface area contributed by atoms with E-state index >= 15 is 0 Å². The molecule has 0 saturated heterocycles. The highest BCUT2D eigenvalue weighted by Crippen LogP contribution is 2.15. The summed E-state index contributed by atoms with van der Waals surface area (Å²) < 4.78 is 0. The molecular weight excluding hydrogens is 228 g/mol. The van der Waals surface area contributed by atoms with Crippen LogP contribution in [0.25, 0.3) is 0 Å². The van der Waals surface area contributed by atoms with Crippen LogP contribution in [0, 0.1) is 0 Å². The van der Waals surface area contributed by atoms with Gasteiger partial charge in [0.1, 0.15) is 0 Å². The second kappa shape index (κ2) is 7.58. The van der Waals surface area contributed by atoms with Gasteiger partial charge >= 0.3 is 0 Å². The van der Waals surface area contributed by atoms with E-state index in [-0.39, 0.29) is 0 Å². The summed E-state index contributed by atoms with van der Waals surface area (Å²) in [6.07, 6.45) is 6.93. The lowest BCUT2D eigenvalue weighted by Crippen LogP contribution is -1.92. The highest BCUT2D eigenvalue weighted by atomic mass is 14.1. The molecule has 2 aromatic carbocycles. The molecule has 2 aromatic rings. The minimum absolute atomic E-state index is 1.15. The molecule has 0 aliphatic rings. The third-order valence-corrected chi connectivity index (χ3v) is 3.56. The van der Waals surface area contributed by atoms with Gasteiger partial charge in [0.05, 0.1) is 0 Å². The van der Waals surface area contributed by atoms with Gasteiger partial charge in [-0.1, -0.05) is 72.3 Å². The third kappa shape index (κ3) is 4.75. The van der Waals surface area contributed by atoms with Crippen molar-refractivity contribution in [3.05, 3.63) is 83.4 Å². The van der Waals surface area contributed by atoms with Crippen LogP contribution < -0.4 is 0 Å².